The average molecular weight is 476 g/mol. The van der Waals surface area contributed by atoms with Crippen LogP contribution in [0.3, 0.4) is 0 Å². The maximum Gasteiger partial charge on any atom is 0.187 e. The Balaban J connectivity index is 1.68. The van der Waals surface area contributed by atoms with Crippen LogP contribution < -0.4 is 5.73 Å². The largest absolute Gasteiger partial charge is 0.394 e. The van der Waals surface area contributed by atoms with E-state index in [9.17, 15) is 25.5 Å². The standard InChI is InChI=1S/C21H33NO9S/c1-2-32-21-14(22)19(31-20-18(27)17(26)15(24)12(8-23)29-20)16(25)13(30-21)10-28-9-11-6-4-3-5-7-11/h3-7,12-21,23-27H,2,8-10,22H2,1H3/t12-,13-,14-,15+,16-,17+,18-,19-,20+,21+/m1/s1. The monoisotopic (exact) mass is 475 g/mol. The molecule has 2 aliphatic rings. The number of nitrogens with two attached hydrogens (primary N) is 1. The fourth-order valence-corrected chi connectivity index (χ4v) is 4.69. The molecule has 0 aliphatic carbocycles. The van der Waals surface area contributed by atoms with Crippen molar-refractivity contribution in [3.05, 3.63) is 35.9 Å². The Morgan fingerprint density at radius 1 is 0.969 bits per heavy atom. The Morgan fingerprint density at radius 3 is 2.34 bits per heavy atom. The van der Waals surface area contributed by atoms with Crippen molar-refractivity contribution in [1.29, 1.82) is 0 Å². The molecule has 2 fully saturated rings. The van der Waals surface area contributed by atoms with E-state index in [1.807, 2.05) is 37.3 Å². The molecule has 7 N–H and O–H groups in total. The first kappa shape index (κ1) is 25.8. The van der Waals surface area contributed by atoms with Crippen molar-refractivity contribution >= 4 is 11.8 Å². The zero-order chi connectivity index (χ0) is 23.3. The van der Waals surface area contributed by atoms with E-state index in [2.05, 4.69) is 0 Å². The highest BCUT2D eigenvalue weighted by molar-refractivity contribution is 7.99. The minimum Gasteiger partial charge on any atom is -0.394 e. The first-order valence-corrected chi connectivity index (χ1v) is 11.7. The number of rotatable bonds is 9. The molecule has 1 aromatic carbocycles. The Bertz CT molecular complexity index is 684. The number of ether oxygens (including phenoxy) is 4. The Labute approximate surface area is 191 Å². The van der Waals surface area contributed by atoms with Crippen molar-refractivity contribution < 1.29 is 44.5 Å². The summed E-state index contributed by atoms with van der Waals surface area (Å²) in [5.41, 5.74) is 6.77. The van der Waals surface area contributed by atoms with Gasteiger partial charge >= 0.3 is 0 Å². The van der Waals surface area contributed by atoms with Gasteiger partial charge in [-0.05, 0) is 11.3 Å². The molecule has 0 unspecified atom stereocenters. The summed E-state index contributed by atoms with van der Waals surface area (Å²) in [6.45, 7) is 1.78. The van der Waals surface area contributed by atoms with Crippen LogP contribution in [-0.2, 0) is 25.6 Å². The Hall–Kier alpha value is -0.830. The molecule has 2 aliphatic heterocycles. The van der Waals surface area contributed by atoms with Gasteiger partial charge in [0, 0.05) is 0 Å². The lowest BCUT2D eigenvalue weighted by molar-refractivity contribution is -0.328. The highest BCUT2D eigenvalue weighted by Gasteiger charge is 2.50. The Kier molecular flexibility index (Phi) is 9.70. The van der Waals surface area contributed by atoms with Gasteiger partial charge in [-0.1, -0.05) is 37.3 Å². The third-order valence-corrected chi connectivity index (χ3v) is 6.67. The van der Waals surface area contributed by atoms with Crippen LogP contribution in [0.4, 0.5) is 0 Å². The third kappa shape index (κ3) is 5.99. The topological polar surface area (TPSA) is 164 Å². The summed E-state index contributed by atoms with van der Waals surface area (Å²) in [6, 6.07) is 8.80. The zero-order valence-electron chi connectivity index (χ0n) is 17.8. The van der Waals surface area contributed by atoms with Crippen LogP contribution >= 0.6 is 11.8 Å². The summed E-state index contributed by atoms with van der Waals surface area (Å²) in [4.78, 5) is 0. The summed E-state index contributed by atoms with van der Waals surface area (Å²) in [6.07, 6.45) is -10.2. The molecule has 0 bridgehead atoms. The van der Waals surface area contributed by atoms with E-state index in [0.29, 0.717) is 12.4 Å². The summed E-state index contributed by atoms with van der Waals surface area (Å²) in [5, 5.41) is 50.6. The van der Waals surface area contributed by atoms with E-state index in [0.717, 1.165) is 5.56 Å². The van der Waals surface area contributed by atoms with Gasteiger partial charge in [-0.3, -0.25) is 0 Å². The molecular formula is C21H33NO9S. The molecule has 0 amide bonds. The molecule has 32 heavy (non-hydrogen) atoms. The van der Waals surface area contributed by atoms with E-state index >= 15 is 0 Å². The lowest BCUT2D eigenvalue weighted by atomic mass is 9.96. The minimum atomic E-state index is -1.60. The normalized spacial score (nSPS) is 40.3. The number of benzene rings is 1. The van der Waals surface area contributed by atoms with Crippen LogP contribution in [0, 0.1) is 0 Å². The molecule has 0 spiro atoms. The first-order valence-electron chi connectivity index (χ1n) is 10.7. The fraction of sp³-hybridized carbons (Fsp3) is 0.714. The first-order chi connectivity index (χ1) is 15.4. The molecule has 182 valence electrons. The molecular weight excluding hydrogens is 442 g/mol. The van der Waals surface area contributed by atoms with Gasteiger partial charge in [-0.25, -0.2) is 0 Å². The van der Waals surface area contributed by atoms with Gasteiger partial charge in [0.05, 0.1) is 25.9 Å². The predicted octanol–water partition coefficient (Wildman–Crippen LogP) is -1.45. The van der Waals surface area contributed by atoms with Crippen molar-refractivity contribution in [3.63, 3.8) is 0 Å². The second-order valence-electron chi connectivity index (χ2n) is 7.86. The number of hydrogen-bond donors (Lipinski definition) is 6. The highest BCUT2D eigenvalue weighted by atomic mass is 32.2. The predicted molar refractivity (Wildman–Crippen MR) is 116 cm³/mol. The quantitative estimate of drug-likeness (QED) is 0.248. The maximum atomic E-state index is 10.9. The molecule has 10 atom stereocenters. The van der Waals surface area contributed by atoms with E-state index in [1.54, 1.807) is 0 Å². The smallest absolute Gasteiger partial charge is 0.187 e. The molecule has 3 rings (SSSR count). The van der Waals surface area contributed by atoms with Gasteiger partial charge in [-0.15, -0.1) is 11.8 Å². The van der Waals surface area contributed by atoms with Gasteiger partial charge < -0.3 is 50.2 Å². The minimum absolute atomic E-state index is 0.0814. The van der Waals surface area contributed by atoms with Gasteiger partial charge in [0.1, 0.15) is 48.2 Å². The second kappa shape index (κ2) is 12.0. The van der Waals surface area contributed by atoms with Crippen LogP contribution in [-0.4, -0.2) is 105 Å². The van der Waals surface area contributed by atoms with Crippen LogP contribution in [0.2, 0.25) is 0 Å². The van der Waals surface area contributed by atoms with Crippen molar-refractivity contribution in [2.45, 2.75) is 74.0 Å². The Morgan fingerprint density at radius 2 is 1.69 bits per heavy atom. The van der Waals surface area contributed by atoms with Crippen molar-refractivity contribution in [3.8, 4) is 0 Å². The highest BCUT2D eigenvalue weighted by Crippen LogP contribution is 2.32. The molecule has 0 aromatic heterocycles. The average Bonchev–Trinajstić information content (AvgIpc) is 2.80. The molecule has 0 radical (unpaired) electrons. The van der Waals surface area contributed by atoms with E-state index in [4.69, 9.17) is 24.7 Å². The SMILES string of the molecule is CCS[C@@H]1O[C@H](COCc2ccccc2)[C@@H](O)[C@H](O[C@@H]2O[C@H](CO)[C@H](O)[C@H](O)[C@H]2O)[C@H]1N. The van der Waals surface area contributed by atoms with Crippen LogP contribution in [0.25, 0.3) is 0 Å². The second-order valence-corrected chi connectivity index (χ2v) is 9.24. The third-order valence-electron chi connectivity index (χ3n) is 5.58. The number of thioether (sulfide) groups is 1. The fourth-order valence-electron chi connectivity index (χ4n) is 3.76. The molecule has 0 saturated carbocycles. The summed E-state index contributed by atoms with van der Waals surface area (Å²) < 4.78 is 22.9. The van der Waals surface area contributed by atoms with Crippen LogP contribution in [0.15, 0.2) is 30.3 Å². The number of aliphatic hydroxyl groups excluding tert-OH is 5. The van der Waals surface area contributed by atoms with Crippen molar-refractivity contribution in [1.82, 2.24) is 0 Å². The molecule has 2 saturated heterocycles. The summed E-state index contributed by atoms with van der Waals surface area (Å²) in [5.74, 6) is 0.707. The van der Waals surface area contributed by atoms with Crippen LogP contribution in [0.5, 0.6) is 0 Å². The van der Waals surface area contributed by atoms with Crippen molar-refractivity contribution in [2.24, 2.45) is 5.73 Å². The summed E-state index contributed by atoms with van der Waals surface area (Å²) >= 11 is 1.44. The van der Waals surface area contributed by atoms with E-state index < -0.39 is 67.1 Å². The van der Waals surface area contributed by atoms with E-state index in [-0.39, 0.29) is 6.61 Å². The maximum absolute atomic E-state index is 10.9. The van der Waals surface area contributed by atoms with Gasteiger partial charge in [0.25, 0.3) is 0 Å². The van der Waals surface area contributed by atoms with Gasteiger partial charge in [0.15, 0.2) is 6.29 Å². The molecule has 11 heteroatoms. The number of aliphatic hydroxyl groups is 5. The molecule has 1 aromatic rings. The lowest BCUT2D eigenvalue weighted by Crippen LogP contribution is -2.66. The molecule has 2 heterocycles. The zero-order valence-corrected chi connectivity index (χ0v) is 18.7. The molecule has 10 nitrogen and oxygen atoms in total. The van der Waals surface area contributed by atoms with Crippen molar-refractivity contribution in [2.75, 3.05) is 19.0 Å². The van der Waals surface area contributed by atoms with Gasteiger partial charge in [-0.2, -0.15) is 0 Å². The van der Waals surface area contributed by atoms with Crippen LogP contribution in [0.1, 0.15) is 12.5 Å². The lowest BCUT2D eigenvalue weighted by Gasteiger charge is -2.46. The summed E-state index contributed by atoms with van der Waals surface area (Å²) in [7, 11) is 0. The van der Waals surface area contributed by atoms with E-state index in [1.165, 1.54) is 11.8 Å². The number of hydrogen-bond acceptors (Lipinski definition) is 11. The van der Waals surface area contributed by atoms with Gasteiger partial charge in [0.2, 0.25) is 0 Å².